The van der Waals surface area contributed by atoms with E-state index in [2.05, 4.69) is 10.2 Å². The summed E-state index contributed by atoms with van der Waals surface area (Å²) in [5, 5.41) is 3.47. The van der Waals surface area contributed by atoms with Crippen LogP contribution in [0.2, 0.25) is 5.02 Å². The van der Waals surface area contributed by atoms with Gasteiger partial charge in [-0.3, -0.25) is 9.59 Å². The molecule has 0 bridgehead atoms. The zero-order chi connectivity index (χ0) is 22.4. The molecule has 1 saturated heterocycles. The van der Waals surface area contributed by atoms with Crippen molar-refractivity contribution < 1.29 is 14.3 Å². The maximum absolute atomic E-state index is 12.6. The van der Waals surface area contributed by atoms with Gasteiger partial charge in [0.1, 0.15) is 5.75 Å². The van der Waals surface area contributed by atoms with E-state index in [4.69, 9.17) is 16.3 Å². The van der Waals surface area contributed by atoms with Crippen molar-refractivity contribution in [3.63, 3.8) is 0 Å². The van der Waals surface area contributed by atoms with Crippen LogP contribution in [-0.2, 0) is 4.79 Å². The molecule has 0 saturated carbocycles. The molecule has 7 heteroatoms. The van der Waals surface area contributed by atoms with Gasteiger partial charge in [0.25, 0.3) is 5.91 Å². The topological polar surface area (TPSA) is 61.9 Å². The standard InChI is InChI=1S/C24H30ClN3O3/c1-4-6-23(29)28-13-11-27(12-14-28)22-10-9-19(16-21(22)25)26-24(30)18-7-5-8-20(15-18)31-17(2)3/h5,7-10,15-17H,4,6,11-14H2,1-3H3,(H,26,30). The molecule has 1 heterocycles. The normalized spacial score (nSPS) is 14.0. The van der Waals surface area contributed by atoms with Gasteiger partial charge in [-0.1, -0.05) is 24.6 Å². The fraction of sp³-hybridized carbons (Fsp3) is 0.417. The van der Waals surface area contributed by atoms with Crippen molar-refractivity contribution in [3.05, 3.63) is 53.1 Å². The molecule has 166 valence electrons. The first-order chi connectivity index (χ1) is 14.9. The van der Waals surface area contributed by atoms with Gasteiger partial charge in [-0.25, -0.2) is 0 Å². The molecule has 31 heavy (non-hydrogen) atoms. The molecular formula is C24H30ClN3O3. The molecule has 0 aromatic heterocycles. The minimum Gasteiger partial charge on any atom is -0.491 e. The molecule has 3 rings (SSSR count). The van der Waals surface area contributed by atoms with Crippen LogP contribution in [0.25, 0.3) is 0 Å². The maximum Gasteiger partial charge on any atom is 0.255 e. The lowest BCUT2D eigenvalue weighted by Crippen LogP contribution is -2.48. The third kappa shape index (κ3) is 6.14. The summed E-state index contributed by atoms with van der Waals surface area (Å²) in [4.78, 5) is 28.8. The summed E-state index contributed by atoms with van der Waals surface area (Å²) in [6.07, 6.45) is 1.51. The van der Waals surface area contributed by atoms with Crippen molar-refractivity contribution in [2.24, 2.45) is 0 Å². The lowest BCUT2D eigenvalue weighted by atomic mass is 10.2. The molecule has 0 radical (unpaired) electrons. The van der Waals surface area contributed by atoms with Gasteiger partial charge in [-0.05, 0) is 56.7 Å². The smallest absolute Gasteiger partial charge is 0.255 e. The molecule has 1 aliphatic rings. The number of carbonyl (C=O) groups excluding carboxylic acids is 2. The van der Waals surface area contributed by atoms with Gasteiger partial charge in [0.05, 0.1) is 16.8 Å². The first kappa shape index (κ1) is 22.9. The number of hydrogen-bond donors (Lipinski definition) is 1. The van der Waals surface area contributed by atoms with E-state index in [-0.39, 0.29) is 17.9 Å². The number of anilines is 2. The number of amides is 2. The Hall–Kier alpha value is -2.73. The molecular weight excluding hydrogens is 414 g/mol. The van der Waals surface area contributed by atoms with Crippen LogP contribution in [0.15, 0.2) is 42.5 Å². The Morgan fingerprint density at radius 2 is 1.84 bits per heavy atom. The molecule has 1 aliphatic heterocycles. The molecule has 0 atom stereocenters. The Labute approximate surface area is 189 Å². The molecule has 1 N–H and O–H groups in total. The number of rotatable bonds is 7. The number of nitrogens with zero attached hydrogens (tertiary/aromatic N) is 2. The molecule has 0 spiro atoms. The van der Waals surface area contributed by atoms with E-state index in [1.54, 1.807) is 24.3 Å². The van der Waals surface area contributed by atoms with E-state index in [0.717, 1.165) is 25.2 Å². The third-order valence-corrected chi connectivity index (χ3v) is 5.41. The molecule has 0 unspecified atom stereocenters. The van der Waals surface area contributed by atoms with Gasteiger partial charge in [0, 0.05) is 43.9 Å². The number of hydrogen-bond acceptors (Lipinski definition) is 4. The second kappa shape index (κ2) is 10.5. The summed E-state index contributed by atoms with van der Waals surface area (Å²) >= 11 is 6.53. The minimum absolute atomic E-state index is 0.0382. The third-order valence-electron chi connectivity index (χ3n) is 5.11. The number of nitrogens with one attached hydrogen (secondary N) is 1. The van der Waals surface area contributed by atoms with E-state index < -0.39 is 0 Å². The number of halogens is 1. The van der Waals surface area contributed by atoms with E-state index >= 15 is 0 Å². The van der Waals surface area contributed by atoms with E-state index in [1.807, 2.05) is 43.9 Å². The highest BCUT2D eigenvalue weighted by molar-refractivity contribution is 6.33. The molecule has 1 fully saturated rings. The zero-order valence-electron chi connectivity index (χ0n) is 18.4. The van der Waals surface area contributed by atoms with E-state index in [1.165, 1.54) is 0 Å². The van der Waals surface area contributed by atoms with Gasteiger partial charge in [-0.15, -0.1) is 0 Å². The molecule has 2 aromatic rings. The fourth-order valence-corrected chi connectivity index (χ4v) is 3.90. The summed E-state index contributed by atoms with van der Waals surface area (Å²) in [7, 11) is 0. The van der Waals surface area contributed by atoms with E-state index in [0.29, 0.717) is 41.5 Å². The van der Waals surface area contributed by atoms with Gasteiger partial charge < -0.3 is 19.9 Å². The van der Waals surface area contributed by atoms with Gasteiger partial charge >= 0.3 is 0 Å². The van der Waals surface area contributed by atoms with Crippen molar-refractivity contribution in [2.75, 3.05) is 36.4 Å². The van der Waals surface area contributed by atoms with Crippen LogP contribution in [0.5, 0.6) is 5.75 Å². The minimum atomic E-state index is -0.221. The summed E-state index contributed by atoms with van der Waals surface area (Å²) in [6.45, 7) is 8.78. The fourth-order valence-electron chi connectivity index (χ4n) is 3.60. The van der Waals surface area contributed by atoms with E-state index in [9.17, 15) is 9.59 Å². The summed E-state index contributed by atoms with van der Waals surface area (Å²) in [5.41, 5.74) is 2.06. The van der Waals surface area contributed by atoms with Crippen LogP contribution >= 0.6 is 11.6 Å². The molecule has 6 nitrogen and oxygen atoms in total. The van der Waals surface area contributed by atoms with Crippen molar-refractivity contribution in [2.45, 2.75) is 39.7 Å². The monoisotopic (exact) mass is 443 g/mol. The SMILES string of the molecule is CCCC(=O)N1CCN(c2ccc(NC(=O)c3cccc(OC(C)C)c3)cc2Cl)CC1. The van der Waals surface area contributed by atoms with Gasteiger partial charge in [0.15, 0.2) is 0 Å². The summed E-state index contributed by atoms with van der Waals surface area (Å²) < 4.78 is 5.66. The highest BCUT2D eigenvalue weighted by Gasteiger charge is 2.22. The van der Waals surface area contributed by atoms with Crippen LogP contribution in [0, 0.1) is 0 Å². The first-order valence-corrected chi connectivity index (χ1v) is 11.2. The van der Waals surface area contributed by atoms with Crippen molar-refractivity contribution in [1.82, 2.24) is 4.90 Å². The number of carbonyl (C=O) groups is 2. The Kier molecular flexibility index (Phi) is 7.80. The van der Waals surface area contributed by atoms with Crippen molar-refractivity contribution >= 4 is 34.8 Å². The Morgan fingerprint density at radius 3 is 2.48 bits per heavy atom. The molecule has 2 amide bonds. The van der Waals surface area contributed by atoms with Crippen molar-refractivity contribution in [1.29, 1.82) is 0 Å². The van der Waals surface area contributed by atoms with Crippen LogP contribution in [0.4, 0.5) is 11.4 Å². The average molecular weight is 444 g/mol. The lowest BCUT2D eigenvalue weighted by molar-refractivity contribution is -0.131. The second-order valence-corrected chi connectivity index (χ2v) is 8.34. The average Bonchev–Trinajstić information content (AvgIpc) is 2.74. The Balaban J connectivity index is 1.62. The molecule has 0 aliphatic carbocycles. The highest BCUT2D eigenvalue weighted by atomic mass is 35.5. The number of benzene rings is 2. The van der Waals surface area contributed by atoms with Crippen LogP contribution in [-0.4, -0.2) is 49.0 Å². The highest BCUT2D eigenvalue weighted by Crippen LogP contribution is 2.30. The lowest BCUT2D eigenvalue weighted by Gasteiger charge is -2.36. The largest absolute Gasteiger partial charge is 0.491 e. The second-order valence-electron chi connectivity index (χ2n) is 7.93. The predicted octanol–water partition coefficient (Wildman–Crippen LogP) is 4.83. The quantitative estimate of drug-likeness (QED) is 0.665. The summed E-state index contributed by atoms with van der Waals surface area (Å²) in [5.74, 6) is 0.655. The zero-order valence-corrected chi connectivity index (χ0v) is 19.1. The van der Waals surface area contributed by atoms with Gasteiger partial charge in [0.2, 0.25) is 5.91 Å². The Bertz CT molecular complexity index is 924. The summed E-state index contributed by atoms with van der Waals surface area (Å²) in [6, 6.07) is 12.6. The maximum atomic E-state index is 12.6. The number of ether oxygens (including phenoxy) is 1. The molecule has 2 aromatic carbocycles. The van der Waals surface area contributed by atoms with Crippen LogP contribution < -0.4 is 15.0 Å². The van der Waals surface area contributed by atoms with Crippen LogP contribution in [0.1, 0.15) is 44.0 Å². The first-order valence-electron chi connectivity index (χ1n) is 10.8. The van der Waals surface area contributed by atoms with Crippen LogP contribution in [0.3, 0.4) is 0 Å². The predicted molar refractivity (Wildman–Crippen MR) is 125 cm³/mol. The Morgan fingerprint density at radius 1 is 1.10 bits per heavy atom. The number of piperazine rings is 1. The van der Waals surface area contributed by atoms with Gasteiger partial charge in [-0.2, -0.15) is 0 Å². The van der Waals surface area contributed by atoms with Crippen molar-refractivity contribution in [3.8, 4) is 5.75 Å².